The van der Waals surface area contributed by atoms with Gasteiger partial charge >= 0.3 is 12.2 Å². The van der Waals surface area contributed by atoms with Gasteiger partial charge in [0.2, 0.25) is 5.79 Å². The fraction of sp³-hybridized carbons (Fsp3) is 0.558. The van der Waals surface area contributed by atoms with Gasteiger partial charge in [-0.15, -0.1) is 6.58 Å². The van der Waals surface area contributed by atoms with Crippen LogP contribution in [0.2, 0.25) is 0 Å². The minimum atomic E-state index is -1.41. The summed E-state index contributed by atoms with van der Waals surface area (Å²) in [6.45, 7) is 11.3. The van der Waals surface area contributed by atoms with Crippen LogP contribution in [0.5, 0.6) is 11.5 Å². The maximum absolute atomic E-state index is 14.3. The first-order valence-electron chi connectivity index (χ1n) is 20.0. The van der Waals surface area contributed by atoms with Crippen LogP contribution in [0.4, 0.5) is 9.59 Å². The molecule has 0 spiro atoms. The average Bonchev–Trinajstić information content (AvgIpc) is 3.19. The number of oxime groups is 1. The number of fused-ring (bicyclic) bond motifs is 2. The van der Waals surface area contributed by atoms with Gasteiger partial charge in [-0.1, -0.05) is 67.4 Å². The molecule has 0 radical (unpaired) electrons. The van der Waals surface area contributed by atoms with Crippen LogP contribution in [0, 0.1) is 17.8 Å². The smallest absolute Gasteiger partial charge is 0.412 e. The highest BCUT2D eigenvalue weighted by Crippen LogP contribution is 2.62. The lowest BCUT2D eigenvalue weighted by Gasteiger charge is -2.59. The Labute approximate surface area is 325 Å². The van der Waals surface area contributed by atoms with Crippen molar-refractivity contribution in [2.75, 3.05) is 39.5 Å². The lowest BCUT2D eigenvalue weighted by molar-refractivity contribution is -0.255. The van der Waals surface area contributed by atoms with Crippen molar-refractivity contribution in [3.05, 3.63) is 84.0 Å². The van der Waals surface area contributed by atoms with Crippen molar-refractivity contribution in [2.24, 2.45) is 22.9 Å². The van der Waals surface area contributed by atoms with Crippen molar-refractivity contribution >= 4 is 17.9 Å². The van der Waals surface area contributed by atoms with Crippen molar-refractivity contribution in [3.63, 3.8) is 0 Å². The van der Waals surface area contributed by atoms with E-state index in [1.807, 2.05) is 63.2 Å². The molecule has 2 amide bonds. The molecule has 1 fully saturated rings. The van der Waals surface area contributed by atoms with E-state index >= 15 is 0 Å². The Hall–Kier alpha value is -4.39. The standard InChI is InChI=1S/C43H59N3O9/c1-5-22-46(42(50)51-29-30-16-10-9-11-17-30)38-28-36(45-53-8-4)34-26-31(18-12-14-23-47)33(19-13-15-24-48)39-35-27-32(54-41(49)44-7-3)20-21-37(35)55-43(38,40(34)39)52-25-6-2/h6,9-11,16-17,20-21,26-27,31,33,38-40,47-48H,2,5,7-8,12-15,18-19,22-25,28-29H2,1,3-4H3,(H,44,49)/t31-,33+,38-,39+,40+,43+/m0/s1. The summed E-state index contributed by atoms with van der Waals surface area (Å²) in [5.41, 5.74) is 3.37. The molecule has 1 saturated carbocycles. The maximum atomic E-state index is 14.3. The van der Waals surface area contributed by atoms with Gasteiger partial charge in [-0.2, -0.15) is 0 Å². The van der Waals surface area contributed by atoms with Gasteiger partial charge in [0.15, 0.2) is 0 Å². The van der Waals surface area contributed by atoms with Gasteiger partial charge in [0.1, 0.15) is 30.8 Å². The zero-order valence-corrected chi connectivity index (χ0v) is 32.6. The van der Waals surface area contributed by atoms with E-state index in [0.717, 1.165) is 42.4 Å². The molecule has 0 aromatic heterocycles. The molecule has 1 aliphatic heterocycles. The van der Waals surface area contributed by atoms with Gasteiger partial charge in [0.25, 0.3) is 0 Å². The second-order valence-corrected chi connectivity index (χ2v) is 14.3. The van der Waals surface area contributed by atoms with E-state index in [-0.39, 0.29) is 50.6 Å². The third-order valence-corrected chi connectivity index (χ3v) is 10.8. The van der Waals surface area contributed by atoms with Gasteiger partial charge in [0, 0.05) is 44.2 Å². The number of aliphatic hydroxyl groups excluding tert-OH is 2. The number of benzene rings is 2. The molecule has 0 saturated heterocycles. The minimum Gasteiger partial charge on any atom is -0.459 e. The van der Waals surface area contributed by atoms with Crippen molar-refractivity contribution < 1.29 is 43.6 Å². The number of nitrogens with one attached hydrogen (secondary N) is 1. The molecule has 12 nitrogen and oxygen atoms in total. The third-order valence-electron chi connectivity index (χ3n) is 10.8. The van der Waals surface area contributed by atoms with E-state index < -0.39 is 29.9 Å². The van der Waals surface area contributed by atoms with Crippen molar-refractivity contribution in [3.8, 4) is 11.5 Å². The summed E-state index contributed by atoms with van der Waals surface area (Å²) in [6, 6.07) is 14.3. The highest BCUT2D eigenvalue weighted by Gasteiger charge is 2.65. The first kappa shape index (κ1) is 41.8. The molecule has 1 heterocycles. The van der Waals surface area contributed by atoms with Gasteiger partial charge in [-0.3, -0.25) is 4.90 Å². The molecule has 3 aliphatic rings. The molecule has 6 atom stereocenters. The zero-order valence-electron chi connectivity index (χ0n) is 32.6. The molecule has 12 heteroatoms. The van der Waals surface area contributed by atoms with Crippen LogP contribution >= 0.6 is 0 Å². The summed E-state index contributed by atoms with van der Waals surface area (Å²) >= 11 is 0. The first-order valence-corrected chi connectivity index (χ1v) is 20.0. The lowest BCUT2D eigenvalue weighted by Crippen LogP contribution is -2.70. The summed E-state index contributed by atoms with van der Waals surface area (Å²) in [4.78, 5) is 34.5. The van der Waals surface area contributed by atoms with Gasteiger partial charge in [-0.25, -0.2) is 9.59 Å². The fourth-order valence-corrected chi connectivity index (χ4v) is 8.56. The summed E-state index contributed by atoms with van der Waals surface area (Å²) < 4.78 is 25.9. The molecule has 3 N–H and O–H groups in total. The summed E-state index contributed by atoms with van der Waals surface area (Å²) in [6.07, 6.45) is 8.39. The van der Waals surface area contributed by atoms with Crippen LogP contribution in [0.1, 0.15) is 89.2 Å². The summed E-state index contributed by atoms with van der Waals surface area (Å²) in [5, 5.41) is 27.0. The van der Waals surface area contributed by atoms with E-state index in [9.17, 15) is 19.8 Å². The Morgan fingerprint density at radius 2 is 1.82 bits per heavy atom. The summed E-state index contributed by atoms with van der Waals surface area (Å²) in [5.74, 6) is -1.08. The van der Waals surface area contributed by atoms with Crippen LogP contribution in [-0.4, -0.2) is 84.4 Å². The third kappa shape index (κ3) is 9.71. The highest BCUT2D eigenvalue weighted by molar-refractivity contribution is 6.03. The molecular formula is C43H59N3O9. The molecule has 0 unspecified atom stereocenters. The number of carbonyl (C=O) groups excluding carboxylic acids is 2. The SMILES string of the molecule is C=CCO[C@@]12Oc3ccc(OC(=O)NCC)cc3[C@H]3[C@H](CCCCO)[C@@H](CCCCO)C=C(C(=NOCC)C[C@@H]1N(CCC)C(=O)OCc1ccccc1)[C@H]32. The topological polar surface area (TPSA) is 148 Å². The predicted octanol–water partition coefficient (Wildman–Crippen LogP) is 7.50. The molecular weight excluding hydrogens is 702 g/mol. The van der Waals surface area contributed by atoms with Crippen LogP contribution in [0.15, 0.2) is 78.0 Å². The number of hydrogen-bond donors (Lipinski definition) is 3. The van der Waals surface area contributed by atoms with Crippen LogP contribution in [0.3, 0.4) is 0 Å². The second-order valence-electron chi connectivity index (χ2n) is 14.3. The van der Waals surface area contributed by atoms with Crippen molar-refractivity contribution in [1.82, 2.24) is 10.2 Å². The maximum Gasteiger partial charge on any atom is 0.412 e. The quantitative estimate of drug-likeness (QED) is 0.0709. The van der Waals surface area contributed by atoms with E-state index in [4.69, 9.17) is 28.9 Å². The predicted molar refractivity (Wildman–Crippen MR) is 210 cm³/mol. The average molecular weight is 762 g/mol. The molecule has 2 aliphatic carbocycles. The Morgan fingerprint density at radius 3 is 2.51 bits per heavy atom. The number of aliphatic hydroxyl groups is 2. The number of rotatable bonds is 20. The van der Waals surface area contributed by atoms with Gasteiger partial charge < -0.3 is 39.3 Å². The number of nitrogens with zero attached hydrogens (tertiary/aromatic N) is 2. The molecule has 0 bridgehead atoms. The van der Waals surface area contributed by atoms with Crippen LogP contribution in [-0.2, 0) is 20.9 Å². The normalized spacial score (nSPS) is 24.4. The number of carbonyl (C=O) groups is 2. The molecule has 5 rings (SSSR count). The summed E-state index contributed by atoms with van der Waals surface area (Å²) in [7, 11) is 0. The number of unbranched alkanes of at least 4 members (excludes halogenated alkanes) is 2. The molecule has 55 heavy (non-hydrogen) atoms. The number of amides is 2. The van der Waals surface area contributed by atoms with Crippen molar-refractivity contribution in [1.29, 1.82) is 0 Å². The number of hydrogen-bond acceptors (Lipinski definition) is 10. The van der Waals surface area contributed by atoms with Crippen LogP contribution in [0.25, 0.3) is 0 Å². The Bertz CT molecular complexity index is 1630. The van der Waals surface area contributed by atoms with Gasteiger partial charge in [0.05, 0.1) is 18.2 Å². The van der Waals surface area contributed by atoms with E-state index in [1.165, 1.54) is 0 Å². The molecule has 2 aromatic carbocycles. The Morgan fingerprint density at radius 1 is 1.05 bits per heavy atom. The second kappa shape index (κ2) is 20.5. The lowest BCUT2D eigenvalue weighted by atomic mass is 9.55. The minimum absolute atomic E-state index is 0.0322. The Kier molecular flexibility index (Phi) is 15.6. The highest BCUT2D eigenvalue weighted by atomic mass is 16.7. The Balaban J connectivity index is 1.73. The van der Waals surface area contributed by atoms with Gasteiger partial charge in [-0.05, 0) is 87.1 Å². The first-order chi connectivity index (χ1) is 26.8. The molecule has 300 valence electrons. The fourth-order valence-electron chi connectivity index (χ4n) is 8.56. The molecule has 2 aromatic rings. The van der Waals surface area contributed by atoms with E-state index in [1.54, 1.807) is 17.0 Å². The number of ether oxygens (including phenoxy) is 4. The van der Waals surface area contributed by atoms with E-state index in [0.29, 0.717) is 56.2 Å². The van der Waals surface area contributed by atoms with E-state index in [2.05, 4.69) is 18.0 Å². The van der Waals surface area contributed by atoms with Crippen molar-refractivity contribution in [2.45, 2.75) is 96.5 Å². The number of allylic oxidation sites excluding steroid dienone is 1. The van der Waals surface area contributed by atoms with Crippen LogP contribution < -0.4 is 14.8 Å². The largest absolute Gasteiger partial charge is 0.459 e. The monoisotopic (exact) mass is 761 g/mol. The zero-order chi connectivity index (χ0) is 39.2.